The van der Waals surface area contributed by atoms with Crippen LogP contribution >= 0.6 is 0 Å². The summed E-state index contributed by atoms with van der Waals surface area (Å²) < 4.78 is 11.5. The van der Waals surface area contributed by atoms with Crippen LogP contribution in [0, 0.1) is 18.3 Å². The molecule has 5 heteroatoms. The minimum absolute atomic E-state index is 0.0210. The third-order valence-electron chi connectivity index (χ3n) is 2.56. The van der Waals surface area contributed by atoms with Crippen molar-refractivity contribution in [3.05, 3.63) is 29.1 Å². The number of ether oxygens (including phenoxy) is 2. The zero-order chi connectivity index (χ0) is 13.5. The van der Waals surface area contributed by atoms with Crippen LogP contribution in [0.1, 0.15) is 11.4 Å². The number of rotatable bonds is 5. The lowest BCUT2D eigenvalue weighted by molar-refractivity contribution is -0.139. The fourth-order valence-electron chi connectivity index (χ4n) is 1.36. The average molecular weight is 248 g/mol. The first kappa shape index (κ1) is 14.0. The Labute approximate surface area is 106 Å². The van der Waals surface area contributed by atoms with Gasteiger partial charge in [-0.1, -0.05) is 0 Å². The van der Waals surface area contributed by atoms with Crippen LogP contribution in [0.25, 0.3) is 6.08 Å². The van der Waals surface area contributed by atoms with Crippen LogP contribution in [0.4, 0.5) is 0 Å². The molecule has 0 N–H and O–H groups in total. The Morgan fingerprint density at radius 1 is 1.50 bits per heavy atom. The Balaban J connectivity index is 2.80. The predicted octanol–water partition coefficient (Wildman–Crippen LogP) is 1.43. The van der Waals surface area contributed by atoms with Gasteiger partial charge in [-0.25, -0.2) is 4.79 Å². The molecule has 0 amide bonds. The van der Waals surface area contributed by atoms with Crippen molar-refractivity contribution in [2.75, 3.05) is 20.3 Å². The lowest BCUT2D eigenvalue weighted by atomic mass is 10.2. The molecule has 1 heterocycles. The number of aryl methyl sites for hydroxylation is 1. The van der Waals surface area contributed by atoms with Gasteiger partial charge in [0, 0.05) is 25.5 Å². The van der Waals surface area contributed by atoms with Crippen LogP contribution in [0.2, 0.25) is 0 Å². The van der Waals surface area contributed by atoms with Crippen LogP contribution in [-0.4, -0.2) is 30.9 Å². The molecule has 0 aliphatic rings. The van der Waals surface area contributed by atoms with Crippen molar-refractivity contribution in [3.63, 3.8) is 0 Å². The number of hydrogen-bond acceptors (Lipinski definition) is 4. The molecule has 1 aromatic rings. The van der Waals surface area contributed by atoms with E-state index in [0.29, 0.717) is 6.61 Å². The van der Waals surface area contributed by atoms with E-state index in [0.717, 1.165) is 11.4 Å². The number of carbonyl (C=O) groups is 1. The Hall–Kier alpha value is -2.06. The summed E-state index contributed by atoms with van der Waals surface area (Å²) >= 11 is 0. The van der Waals surface area contributed by atoms with Crippen molar-refractivity contribution < 1.29 is 14.3 Å². The normalized spacial score (nSPS) is 11.1. The second-order valence-electron chi connectivity index (χ2n) is 3.76. The molecule has 0 fully saturated rings. The second-order valence-corrected chi connectivity index (χ2v) is 3.76. The number of carbonyl (C=O) groups excluding carboxylic acids is 1. The van der Waals surface area contributed by atoms with E-state index >= 15 is 0 Å². The van der Waals surface area contributed by atoms with Gasteiger partial charge in [-0.05, 0) is 25.1 Å². The van der Waals surface area contributed by atoms with Gasteiger partial charge in [0.25, 0.3) is 0 Å². The molecule has 0 aromatic carbocycles. The van der Waals surface area contributed by atoms with Crippen LogP contribution in [0.5, 0.6) is 0 Å². The van der Waals surface area contributed by atoms with Crippen molar-refractivity contribution in [3.8, 4) is 6.07 Å². The molecule has 0 radical (unpaired) electrons. The molecule has 0 saturated heterocycles. The summed E-state index contributed by atoms with van der Waals surface area (Å²) in [6.45, 7) is 2.40. The molecule has 0 atom stereocenters. The molecular weight excluding hydrogens is 232 g/mol. The summed E-state index contributed by atoms with van der Waals surface area (Å²) in [6, 6.07) is 5.60. The lowest BCUT2D eigenvalue weighted by Crippen LogP contribution is -2.11. The minimum atomic E-state index is -0.631. The number of nitrogens with zero attached hydrogens (tertiary/aromatic N) is 2. The highest BCUT2D eigenvalue weighted by Crippen LogP contribution is 2.11. The van der Waals surface area contributed by atoms with Gasteiger partial charge in [-0.15, -0.1) is 0 Å². The molecule has 0 spiro atoms. The molecule has 5 nitrogen and oxygen atoms in total. The number of nitriles is 1. The van der Waals surface area contributed by atoms with Gasteiger partial charge in [-0.2, -0.15) is 5.26 Å². The van der Waals surface area contributed by atoms with Gasteiger partial charge in [0.2, 0.25) is 0 Å². The average Bonchev–Trinajstić information content (AvgIpc) is 2.67. The van der Waals surface area contributed by atoms with E-state index in [-0.39, 0.29) is 12.2 Å². The summed E-state index contributed by atoms with van der Waals surface area (Å²) in [5.74, 6) is -0.631. The van der Waals surface area contributed by atoms with Crippen molar-refractivity contribution in [1.29, 1.82) is 5.26 Å². The topological polar surface area (TPSA) is 64.2 Å². The molecule has 1 rings (SSSR count). The number of methoxy groups -OCH3 is 1. The van der Waals surface area contributed by atoms with E-state index in [9.17, 15) is 4.79 Å². The molecule has 96 valence electrons. The second kappa shape index (κ2) is 6.62. The molecule has 0 aliphatic heterocycles. The van der Waals surface area contributed by atoms with Gasteiger partial charge in [0.05, 0.1) is 6.61 Å². The molecule has 0 bridgehead atoms. The van der Waals surface area contributed by atoms with Gasteiger partial charge in [-0.3, -0.25) is 0 Å². The first-order chi connectivity index (χ1) is 8.60. The standard InChI is InChI=1S/C13H16N2O3/c1-10-4-5-12(15(10)2)8-11(9-14)13(16)18-7-6-17-3/h4-5,8H,6-7H2,1-3H3/b11-8+. The smallest absolute Gasteiger partial charge is 0.349 e. The van der Waals surface area contributed by atoms with Gasteiger partial charge in [0.15, 0.2) is 0 Å². The molecule has 18 heavy (non-hydrogen) atoms. The van der Waals surface area contributed by atoms with Gasteiger partial charge in [0.1, 0.15) is 18.2 Å². The summed E-state index contributed by atoms with van der Waals surface area (Å²) in [7, 11) is 3.38. The van der Waals surface area contributed by atoms with E-state index in [1.807, 2.05) is 36.7 Å². The van der Waals surface area contributed by atoms with Crippen LogP contribution in [-0.2, 0) is 21.3 Å². The number of esters is 1. The summed E-state index contributed by atoms with van der Waals surface area (Å²) in [5.41, 5.74) is 1.81. The fraction of sp³-hybridized carbons (Fsp3) is 0.385. The van der Waals surface area contributed by atoms with Crippen molar-refractivity contribution in [2.24, 2.45) is 7.05 Å². The molecule has 0 unspecified atom stereocenters. The van der Waals surface area contributed by atoms with Crippen LogP contribution < -0.4 is 0 Å². The molecule has 0 aliphatic carbocycles. The predicted molar refractivity (Wildman–Crippen MR) is 66.6 cm³/mol. The van der Waals surface area contributed by atoms with E-state index in [2.05, 4.69) is 0 Å². The maximum Gasteiger partial charge on any atom is 0.349 e. The van der Waals surface area contributed by atoms with E-state index < -0.39 is 5.97 Å². The van der Waals surface area contributed by atoms with Crippen LogP contribution in [0.15, 0.2) is 17.7 Å². The number of hydrogen-bond donors (Lipinski definition) is 0. The third kappa shape index (κ3) is 3.47. The minimum Gasteiger partial charge on any atom is -0.459 e. The summed E-state index contributed by atoms with van der Waals surface area (Å²) in [6.07, 6.45) is 1.52. The summed E-state index contributed by atoms with van der Waals surface area (Å²) in [4.78, 5) is 11.6. The first-order valence-electron chi connectivity index (χ1n) is 5.50. The van der Waals surface area contributed by atoms with Crippen molar-refractivity contribution in [2.45, 2.75) is 6.92 Å². The Morgan fingerprint density at radius 3 is 2.72 bits per heavy atom. The van der Waals surface area contributed by atoms with Crippen molar-refractivity contribution in [1.82, 2.24) is 4.57 Å². The monoisotopic (exact) mass is 248 g/mol. The molecule has 0 saturated carbocycles. The van der Waals surface area contributed by atoms with Gasteiger partial charge < -0.3 is 14.0 Å². The fourth-order valence-corrected chi connectivity index (χ4v) is 1.36. The number of aromatic nitrogens is 1. The zero-order valence-electron chi connectivity index (χ0n) is 10.8. The third-order valence-corrected chi connectivity index (χ3v) is 2.56. The largest absolute Gasteiger partial charge is 0.459 e. The Morgan fingerprint density at radius 2 is 2.22 bits per heavy atom. The zero-order valence-corrected chi connectivity index (χ0v) is 10.8. The quantitative estimate of drug-likeness (QED) is 0.342. The highest BCUT2D eigenvalue weighted by molar-refractivity contribution is 5.97. The SMILES string of the molecule is COCCOC(=O)/C(C#N)=C/c1ccc(C)n1C. The highest BCUT2D eigenvalue weighted by Gasteiger charge is 2.11. The van der Waals surface area contributed by atoms with E-state index in [4.69, 9.17) is 14.7 Å². The van der Waals surface area contributed by atoms with Crippen LogP contribution in [0.3, 0.4) is 0 Å². The lowest BCUT2D eigenvalue weighted by Gasteiger charge is -2.04. The Bertz CT molecular complexity index is 495. The first-order valence-corrected chi connectivity index (χ1v) is 5.50. The van der Waals surface area contributed by atoms with E-state index in [1.165, 1.54) is 13.2 Å². The molecular formula is C13H16N2O3. The van der Waals surface area contributed by atoms with Crippen molar-refractivity contribution >= 4 is 12.0 Å². The van der Waals surface area contributed by atoms with E-state index in [1.54, 1.807) is 0 Å². The summed E-state index contributed by atoms with van der Waals surface area (Å²) in [5, 5.41) is 8.95. The van der Waals surface area contributed by atoms with Gasteiger partial charge >= 0.3 is 5.97 Å². The maximum absolute atomic E-state index is 11.6. The molecule has 1 aromatic heterocycles. The highest BCUT2D eigenvalue weighted by atomic mass is 16.6. The Kier molecular flexibility index (Phi) is 5.15. The maximum atomic E-state index is 11.6.